The van der Waals surface area contributed by atoms with Gasteiger partial charge >= 0.3 is 0 Å². The van der Waals surface area contributed by atoms with Gasteiger partial charge in [-0.25, -0.2) is 4.99 Å². The van der Waals surface area contributed by atoms with Crippen molar-refractivity contribution in [3.63, 3.8) is 0 Å². The van der Waals surface area contributed by atoms with Crippen molar-refractivity contribution < 1.29 is 4.74 Å². The summed E-state index contributed by atoms with van der Waals surface area (Å²) in [5, 5.41) is 6.96. The van der Waals surface area contributed by atoms with Crippen LogP contribution in [0.5, 0.6) is 0 Å². The Morgan fingerprint density at radius 1 is 1.00 bits per heavy atom. The molecule has 2 aliphatic rings. The summed E-state index contributed by atoms with van der Waals surface area (Å²) in [5.41, 5.74) is 2.64. The molecule has 3 rings (SSSR count). The molecule has 0 spiro atoms. The van der Waals surface area contributed by atoms with Gasteiger partial charge in [0.05, 0.1) is 19.8 Å². The lowest BCUT2D eigenvalue weighted by Crippen LogP contribution is -2.54. The molecule has 0 saturated carbocycles. The van der Waals surface area contributed by atoms with Crippen LogP contribution in [0.1, 0.15) is 45.6 Å². The highest BCUT2D eigenvalue weighted by Gasteiger charge is 2.27. The average molecular weight is 402 g/mol. The standard InChI is InChI=1S/C23H39N5O/c1-4-24-22(26-19-23(2,3)28-12-6-5-7-13-28)25-18-20-8-10-21(11-9-20)27-14-16-29-17-15-27/h8-11H,4-7,12-19H2,1-3H3,(H2,24,25,26). The van der Waals surface area contributed by atoms with Gasteiger partial charge < -0.3 is 20.3 Å². The van der Waals surface area contributed by atoms with Crippen molar-refractivity contribution >= 4 is 11.6 Å². The molecule has 162 valence electrons. The second-order valence-corrected chi connectivity index (χ2v) is 8.67. The van der Waals surface area contributed by atoms with E-state index in [1.165, 1.54) is 43.6 Å². The topological polar surface area (TPSA) is 52.1 Å². The van der Waals surface area contributed by atoms with Crippen LogP contribution in [0.25, 0.3) is 0 Å². The van der Waals surface area contributed by atoms with Gasteiger partial charge in [0.15, 0.2) is 5.96 Å². The minimum atomic E-state index is 0.135. The Morgan fingerprint density at radius 3 is 2.34 bits per heavy atom. The number of ether oxygens (including phenoxy) is 1. The first kappa shape index (κ1) is 21.9. The number of hydrogen-bond donors (Lipinski definition) is 2. The smallest absolute Gasteiger partial charge is 0.191 e. The largest absolute Gasteiger partial charge is 0.378 e. The third-order valence-electron chi connectivity index (χ3n) is 5.98. The second kappa shape index (κ2) is 10.8. The highest BCUT2D eigenvalue weighted by atomic mass is 16.5. The fraction of sp³-hybridized carbons (Fsp3) is 0.696. The number of nitrogens with one attached hydrogen (secondary N) is 2. The number of nitrogens with zero attached hydrogens (tertiary/aromatic N) is 3. The van der Waals surface area contributed by atoms with Gasteiger partial charge in [-0.1, -0.05) is 18.6 Å². The molecule has 0 atom stereocenters. The zero-order valence-electron chi connectivity index (χ0n) is 18.5. The lowest BCUT2D eigenvalue weighted by molar-refractivity contribution is 0.0982. The van der Waals surface area contributed by atoms with Crippen LogP contribution < -0.4 is 15.5 Å². The molecule has 6 heteroatoms. The zero-order chi connectivity index (χ0) is 20.5. The van der Waals surface area contributed by atoms with Crippen molar-refractivity contribution in [3.8, 4) is 0 Å². The molecule has 6 nitrogen and oxygen atoms in total. The van der Waals surface area contributed by atoms with Gasteiger partial charge in [0.1, 0.15) is 0 Å². The number of guanidine groups is 1. The highest BCUT2D eigenvalue weighted by Crippen LogP contribution is 2.20. The number of likely N-dealkylation sites (tertiary alicyclic amines) is 1. The van der Waals surface area contributed by atoms with E-state index in [4.69, 9.17) is 9.73 Å². The molecule has 1 aromatic carbocycles. The number of piperidine rings is 1. The summed E-state index contributed by atoms with van der Waals surface area (Å²) < 4.78 is 5.44. The fourth-order valence-electron chi connectivity index (χ4n) is 4.06. The maximum atomic E-state index is 5.44. The van der Waals surface area contributed by atoms with E-state index in [2.05, 4.69) is 65.5 Å². The average Bonchev–Trinajstić information content (AvgIpc) is 2.77. The molecule has 0 aliphatic carbocycles. The predicted octanol–water partition coefficient (Wildman–Crippen LogP) is 2.84. The first-order chi connectivity index (χ1) is 14.1. The van der Waals surface area contributed by atoms with Crippen LogP contribution in [-0.2, 0) is 11.3 Å². The number of anilines is 1. The summed E-state index contributed by atoms with van der Waals surface area (Å²) in [6.07, 6.45) is 4.00. The second-order valence-electron chi connectivity index (χ2n) is 8.67. The number of benzene rings is 1. The van der Waals surface area contributed by atoms with Crippen molar-refractivity contribution in [2.45, 2.75) is 52.1 Å². The molecule has 0 radical (unpaired) electrons. The number of morpholine rings is 1. The van der Waals surface area contributed by atoms with Crippen molar-refractivity contribution in [1.29, 1.82) is 0 Å². The normalized spacial score (nSPS) is 19.3. The van der Waals surface area contributed by atoms with Crippen LogP contribution in [0.15, 0.2) is 29.3 Å². The van der Waals surface area contributed by atoms with Crippen LogP contribution in [0, 0.1) is 0 Å². The van der Waals surface area contributed by atoms with Crippen LogP contribution in [0.4, 0.5) is 5.69 Å². The van der Waals surface area contributed by atoms with E-state index in [9.17, 15) is 0 Å². The SMILES string of the molecule is CCNC(=NCc1ccc(N2CCOCC2)cc1)NCC(C)(C)N1CCCCC1. The maximum Gasteiger partial charge on any atom is 0.191 e. The third kappa shape index (κ3) is 6.61. The van der Waals surface area contributed by atoms with E-state index in [0.717, 1.165) is 45.4 Å². The van der Waals surface area contributed by atoms with Crippen molar-refractivity contribution in [3.05, 3.63) is 29.8 Å². The minimum Gasteiger partial charge on any atom is -0.378 e. The van der Waals surface area contributed by atoms with Crippen LogP contribution in [0.3, 0.4) is 0 Å². The Bertz CT molecular complexity index is 631. The number of rotatable bonds is 7. The van der Waals surface area contributed by atoms with Crippen molar-refractivity contribution in [2.24, 2.45) is 4.99 Å². The van der Waals surface area contributed by atoms with Gasteiger partial charge in [0, 0.05) is 37.4 Å². The van der Waals surface area contributed by atoms with Gasteiger partial charge in [-0.2, -0.15) is 0 Å². The summed E-state index contributed by atoms with van der Waals surface area (Å²) in [6.45, 7) is 15.2. The molecule has 0 unspecified atom stereocenters. The molecular weight excluding hydrogens is 362 g/mol. The van der Waals surface area contributed by atoms with Crippen LogP contribution in [0.2, 0.25) is 0 Å². The molecule has 2 fully saturated rings. The fourth-order valence-corrected chi connectivity index (χ4v) is 4.06. The van der Waals surface area contributed by atoms with Crippen LogP contribution >= 0.6 is 0 Å². The van der Waals surface area contributed by atoms with E-state index >= 15 is 0 Å². The molecule has 2 saturated heterocycles. The maximum absolute atomic E-state index is 5.44. The number of aliphatic imine (C=N–C) groups is 1. The van der Waals surface area contributed by atoms with Gasteiger partial charge in [0.2, 0.25) is 0 Å². The van der Waals surface area contributed by atoms with Gasteiger partial charge in [-0.05, 0) is 64.4 Å². The van der Waals surface area contributed by atoms with E-state index in [0.29, 0.717) is 6.54 Å². The molecule has 0 aromatic heterocycles. The zero-order valence-corrected chi connectivity index (χ0v) is 18.5. The monoisotopic (exact) mass is 401 g/mol. The minimum absolute atomic E-state index is 0.135. The van der Waals surface area contributed by atoms with Crippen molar-refractivity contribution in [2.75, 3.05) is 57.4 Å². The summed E-state index contributed by atoms with van der Waals surface area (Å²) in [6, 6.07) is 8.79. The first-order valence-electron chi connectivity index (χ1n) is 11.3. The Kier molecular flexibility index (Phi) is 8.19. The molecule has 2 aliphatic heterocycles. The van der Waals surface area contributed by atoms with E-state index < -0.39 is 0 Å². The van der Waals surface area contributed by atoms with Gasteiger partial charge in [-0.15, -0.1) is 0 Å². The van der Waals surface area contributed by atoms with Gasteiger partial charge in [-0.3, -0.25) is 4.90 Å². The van der Waals surface area contributed by atoms with E-state index in [-0.39, 0.29) is 5.54 Å². The molecule has 0 bridgehead atoms. The highest BCUT2D eigenvalue weighted by molar-refractivity contribution is 5.79. The molecule has 29 heavy (non-hydrogen) atoms. The molecule has 2 heterocycles. The predicted molar refractivity (Wildman–Crippen MR) is 122 cm³/mol. The third-order valence-corrected chi connectivity index (χ3v) is 5.98. The molecule has 0 amide bonds. The van der Waals surface area contributed by atoms with Crippen LogP contribution in [-0.4, -0.2) is 68.9 Å². The molecular formula is C23H39N5O. The Labute approximate surface area is 176 Å². The van der Waals surface area contributed by atoms with E-state index in [1.807, 2.05) is 0 Å². The van der Waals surface area contributed by atoms with Crippen molar-refractivity contribution in [1.82, 2.24) is 15.5 Å². The summed E-state index contributed by atoms with van der Waals surface area (Å²) in [4.78, 5) is 9.80. The number of hydrogen-bond acceptors (Lipinski definition) is 4. The Morgan fingerprint density at radius 2 is 1.69 bits per heavy atom. The lowest BCUT2D eigenvalue weighted by atomic mass is 9.98. The Hall–Kier alpha value is -1.79. The summed E-state index contributed by atoms with van der Waals surface area (Å²) in [5.74, 6) is 0.898. The van der Waals surface area contributed by atoms with E-state index in [1.54, 1.807) is 0 Å². The first-order valence-corrected chi connectivity index (χ1v) is 11.3. The Balaban J connectivity index is 1.54. The molecule has 2 N–H and O–H groups in total. The summed E-state index contributed by atoms with van der Waals surface area (Å²) in [7, 11) is 0. The summed E-state index contributed by atoms with van der Waals surface area (Å²) >= 11 is 0. The quantitative estimate of drug-likeness (QED) is 0.544. The lowest BCUT2D eigenvalue weighted by Gasteiger charge is -2.41. The molecule has 1 aromatic rings. The van der Waals surface area contributed by atoms with Gasteiger partial charge in [0.25, 0.3) is 0 Å².